The predicted molar refractivity (Wildman–Crippen MR) is 208 cm³/mol. The van der Waals surface area contributed by atoms with Crippen molar-refractivity contribution < 1.29 is 20.1 Å². The Morgan fingerprint density at radius 3 is 1.37 bits per heavy atom. The topological polar surface area (TPSA) is 22.8 Å². The maximum absolute atomic E-state index is 4.57. The first-order valence-corrected chi connectivity index (χ1v) is 17.0. The van der Waals surface area contributed by atoms with Gasteiger partial charge in [-0.2, -0.15) is 0 Å². The molecule has 3 aromatic heterocycles. The third-order valence-corrected chi connectivity index (χ3v) is 9.85. The van der Waals surface area contributed by atoms with Gasteiger partial charge in [-0.15, -0.1) is 35.4 Å². The molecule has 0 aliphatic heterocycles. The van der Waals surface area contributed by atoms with Gasteiger partial charge in [-0.1, -0.05) is 103 Å². The minimum atomic E-state index is 0. The first-order chi connectivity index (χ1) is 24.8. The van der Waals surface area contributed by atoms with Gasteiger partial charge in [0.1, 0.15) is 0 Å². The third-order valence-electron chi connectivity index (χ3n) is 9.85. The summed E-state index contributed by atoms with van der Waals surface area (Å²) in [6.45, 7) is 0. The van der Waals surface area contributed by atoms with Gasteiger partial charge < -0.3 is 14.1 Å². The van der Waals surface area contributed by atoms with Gasteiger partial charge in [-0.3, -0.25) is 0 Å². The quantitative estimate of drug-likeness (QED) is 0.159. The van der Waals surface area contributed by atoms with Gasteiger partial charge >= 0.3 is 0 Å². The standard InChI is InChI=1S/C47H30N3.Ir/c1-5-22-44-39(17-1)40-18-2-6-23-45(40)49(44)37-29-36(30-38(31-37)50-46-24-7-3-19-41(46)42-20-4-8-25-47(42)50)34-15-11-13-32(27-34)33-14-12-16-35(28-33)43-21-9-10-26-48-43;/h1-15,17-31H;/q-1;. The van der Waals surface area contributed by atoms with Crippen LogP contribution in [0.25, 0.3) is 88.5 Å². The smallest absolute Gasteiger partial charge is 0.0541 e. The van der Waals surface area contributed by atoms with E-state index in [1.807, 2.05) is 30.5 Å². The molecule has 0 bridgehead atoms. The van der Waals surface area contributed by atoms with Crippen molar-refractivity contribution in [3.63, 3.8) is 0 Å². The summed E-state index contributed by atoms with van der Waals surface area (Å²) in [7, 11) is 0. The zero-order valence-electron chi connectivity index (χ0n) is 27.5. The van der Waals surface area contributed by atoms with Crippen LogP contribution in [0.4, 0.5) is 0 Å². The van der Waals surface area contributed by atoms with Crippen molar-refractivity contribution in [3.05, 3.63) is 188 Å². The van der Waals surface area contributed by atoms with Crippen molar-refractivity contribution in [1.82, 2.24) is 14.1 Å². The molecule has 0 spiro atoms. The number of hydrogen-bond acceptors (Lipinski definition) is 1. The van der Waals surface area contributed by atoms with Crippen LogP contribution < -0.4 is 0 Å². The van der Waals surface area contributed by atoms with Crippen LogP contribution in [0, 0.1) is 6.07 Å². The molecule has 0 saturated heterocycles. The first kappa shape index (κ1) is 31.0. The number of aromatic nitrogens is 3. The Morgan fingerprint density at radius 1 is 0.392 bits per heavy atom. The summed E-state index contributed by atoms with van der Waals surface area (Å²) in [6.07, 6.45) is 1.83. The van der Waals surface area contributed by atoms with E-state index in [1.165, 1.54) is 43.6 Å². The van der Waals surface area contributed by atoms with Gasteiger partial charge in [0.2, 0.25) is 0 Å². The Labute approximate surface area is 309 Å². The van der Waals surface area contributed by atoms with Gasteiger partial charge in [0.25, 0.3) is 0 Å². The van der Waals surface area contributed by atoms with Crippen LogP contribution in [-0.2, 0) is 20.1 Å². The van der Waals surface area contributed by atoms with E-state index in [9.17, 15) is 0 Å². The maximum Gasteiger partial charge on any atom is 0.0541 e. The van der Waals surface area contributed by atoms with Crippen molar-refractivity contribution in [2.45, 2.75) is 0 Å². The van der Waals surface area contributed by atoms with Crippen molar-refractivity contribution in [2.24, 2.45) is 0 Å². The summed E-state index contributed by atoms with van der Waals surface area (Å²) in [5.41, 5.74) is 13.5. The molecule has 10 rings (SSSR count). The van der Waals surface area contributed by atoms with E-state index in [1.54, 1.807) is 0 Å². The van der Waals surface area contributed by atoms with E-state index in [0.717, 1.165) is 44.9 Å². The third kappa shape index (κ3) is 5.20. The fourth-order valence-electron chi connectivity index (χ4n) is 7.62. The van der Waals surface area contributed by atoms with Crippen LogP contribution in [0.1, 0.15) is 0 Å². The molecule has 243 valence electrons. The zero-order valence-corrected chi connectivity index (χ0v) is 29.9. The number of pyridine rings is 1. The molecule has 7 aromatic carbocycles. The normalized spacial score (nSPS) is 11.4. The minimum Gasteiger partial charge on any atom is -0.309 e. The van der Waals surface area contributed by atoms with Crippen LogP contribution in [0.5, 0.6) is 0 Å². The number of benzene rings is 7. The minimum absolute atomic E-state index is 0. The SMILES string of the molecule is [Ir].[c-]1ccc(-c2cccc(-c3cc(-n4c5ccccc5c5ccccc54)cc(-n4c5ccccc5c5ccccc54)c3)c2)cc1-c1ccccn1. The average molecular weight is 829 g/mol. The zero-order chi connectivity index (χ0) is 33.0. The van der Waals surface area contributed by atoms with E-state index in [0.29, 0.717) is 0 Å². The molecule has 1 radical (unpaired) electrons. The summed E-state index contributed by atoms with van der Waals surface area (Å²) in [6, 6.07) is 66.5. The van der Waals surface area contributed by atoms with Gasteiger partial charge in [0, 0.05) is 59.2 Å². The van der Waals surface area contributed by atoms with Gasteiger partial charge in [0.05, 0.1) is 22.1 Å². The molecule has 3 nitrogen and oxygen atoms in total. The molecule has 0 N–H and O–H groups in total. The molecule has 0 atom stereocenters. The Balaban J connectivity index is 0.00000348. The van der Waals surface area contributed by atoms with E-state index in [4.69, 9.17) is 0 Å². The molecular formula is C47H30IrN3-. The fourth-order valence-corrected chi connectivity index (χ4v) is 7.62. The molecule has 0 aliphatic carbocycles. The van der Waals surface area contributed by atoms with Crippen LogP contribution in [0.2, 0.25) is 0 Å². The first-order valence-electron chi connectivity index (χ1n) is 17.0. The van der Waals surface area contributed by atoms with E-state index in [2.05, 4.69) is 172 Å². The Bertz CT molecular complexity index is 2640. The van der Waals surface area contributed by atoms with E-state index in [-0.39, 0.29) is 20.1 Å². The number of rotatable bonds is 5. The molecule has 0 fully saturated rings. The maximum atomic E-state index is 4.57. The number of fused-ring (bicyclic) bond motifs is 6. The van der Waals surface area contributed by atoms with Crippen LogP contribution >= 0.6 is 0 Å². The van der Waals surface area contributed by atoms with Crippen molar-refractivity contribution >= 4 is 43.6 Å². The number of nitrogens with zero attached hydrogens (tertiary/aromatic N) is 3. The Kier molecular flexibility index (Phi) is 7.70. The van der Waals surface area contributed by atoms with Crippen molar-refractivity contribution in [1.29, 1.82) is 0 Å². The molecule has 0 aliphatic rings. The average Bonchev–Trinajstić information content (AvgIpc) is 3.71. The summed E-state index contributed by atoms with van der Waals surface area (Å²) in [5.74, 6) is 0. The van der Waals surface area contributed by atoms with Gasteiger partial charge in [-0.25, -0.2) is 0 Å². The molecule has 3 heterocycles. The second-order valence-electron chi connectivity index (χ2n) is 12.8. The summed E-state index contributed by atoms with van der Waals surface area (Å²) in [5, 5.41) is 4.99. The molecule has 0 amide bonds. The molecule has 10 aromatic rings. The predicted octanol–water partition coefficient (Wildman–Crippen LogP) is 12.1. The summed E-state index contributed by atoms with van der Waals surface area (Å²) in [4.78, 5) is 4.57. The van der Waals surface area contributed by atoms with Crippen LogP contribution in [-0.4, -0.2) is 14.1 Å². The number of para-hydroxylation sites is 4. The second kappa shape index (κ2) is 12.7. The van der Waals surface area contributed by atoms with E-state index < -0.39 is 0 Å². The Hall–Kier alpha value is -6.06. The molecule has 51 heavy (non-hydrogen) atoms. The number of hydrogen-bond donors (Lipinski definition) is 0. The largest absolute Gasteiger partial charge is 0.309 e. The van der Waals surface area contributed by atoms with E-state index >= 15 is 0 Å². The van der Waals surface area contributed by atoms with Crippen LogP contribution in [0.15, 0.2) is 182 Å². The molecule has 0 saturated carbocycles. The molecule has 0 unspecified atom stereocenters. The van der Waals surface area contributed by atoms with Crippen molar-refractivity contribution in [2.75, 3.05) is 0 Å². The summed E-state index contributed by atoms with van der Waals surface area (Å²) >= 11 is 0. The monoisotopic (exact) mass is 829 g/mol. The fraction of sp³-hybridized carbons (Fsp3) is 0. The van der Waals surface area contributed by atoms with Gasteiger partial charge in [0.15, 0.2) is 0 Å². The van der Waals surface area contributed by atoms with Gasteiger partial charge in [-0.05, 0) is 77.0 Å². The van der Waals surface area contributed by atoms with Crippen molar-refractivity contribution in [3.8, 4) is 44.9 Å². The Morgan fingerprint density at radius 2 is 0.863 bits per heavy atom. The molecular weight excluding hydrogens is 799 g/mol. The second-order valence-corrected chi connectivity index (χ2v) is 12.8. The molecule has 4 heteroatoms. The summed E-state index contributed by atoms with van der Waals surface area (Å²) < 4.78 is 4.84. The van der Waals surface area contributed by atoms with Crippen LogP contribution in [0.3, 0.4) is 0 Å².